The monoisotopic (exact) mass is 517 g/mol. The van der Waals surface area contributed by atoms with Crippen molar-refractivity contribution < 1.29 is 9.59 Å². The Morgan fingerprint density at radius 3 is 2.11 bits per heavy atom. The number of benzene rings is 3. The normalized spacial score (nSPS) is 10.4. The molecule has 0 fully saturated rings. The van der Waals surface area contributed by atoms with Gasteiger partial charge < -0.3 is 16.0 Å². The highest BCUT2D eigenvalue weighted by atomic mass is 32.1. The molecule has 4 aromatic rings. The first-order chi connectivity index (χ1) is 17.4. The van der Waals surface area contributed by atoms with E-state index < -0.39 is 5.78 Å². The van der Waals surface area contributed by atoms with E-state index in [4.69, 9.17) is 12.2 Å². The van der Waals surface area contributed by atoms with E-state index in [-0.39, 0.29) is 0 Å². The molecular formula is C29H31N3O2S2. The fourth-order valence-corrected chi connectivity index (χ4v) is 4.63. The number of aldehydes is 1. The van der Waals surface area contributed by atoms with E-state index in [2.05, 4.69) is 78.3 Å². The second kappa shape index (κ2) is 13.6. The number of carbonyl (C=O) groups is 2. The first kappa shape index (κ1) is 27.2. The molecule has 1 aromatic heterocycles. The summed E-state index contributed by atoms with van der Waals surface area (Å²) < 4.78 is 1.03. The molecule has 4 rings (SSSR count). The first-order valence-corrected chi connectivity index (χ1v) is 13.0. The number of nitrogens with one attached hydrogen (secondary N) is 3. The van der Waals surface area contributed by atoms with Crippen LogP contribution in [0.4, 0.5) is 11.4 Å². The summed E-state index contributed by atoms with van der Waals surface area (Å²) in [7, 11) is 1.97. The van der Waals surface area contributed by atoms with Crippen LogP contribution < -0.4 is 16.0 Å². The van der Waals surface area contributed by atoms with E-state index >= 15 is 0 Å². The van der Waals surface area contributed by atoms with Gasteiger partial charge in [-0.2, -0.15) is 0 Å². The van der Waals surface area contributed by atoms with Crippen LogP contribution >= 0.6 is 23.6 Å². The number of thiocarbonyl (C=S) groups is 1. The maximum Gasteiger partial charge on any atom is 0.235 e. The van der Waals surface area contributed by atoms with Crippen LogP contribution in [0.1, 0.15) is 40.6 Å². The maximum atomic E-state index is 11.0. The van der Waals surface area contributed by atoms with Crippen molar-refractivity contribution >= 4 is 62.2 Å². The lowest BCUT2D eigenvalue weighted by Crippen LogP contribution is -2.19. The molecule has 0 unspecified atom stereocenters. The van der Waals surface area contributed by atoms with Crippen molar-refractivity contribution in [3.05, 3.63) is 94.9 Å². The van der Waals surface area contributed by atoms with Gasteiger partial charge in [0.2, 0.25) is 5.78 Å². The third kappa shape index (κ3) is 8.09. The molecule has 3 aromatic carbocycles. The minimum atomic E-state index is -0.443. The maximum absolute atomic E-state index is 11.0. The van der Waals surface area contributed by atoms with Gasteiger partial charge in [-0.15, -0.1) is 11.3 Å². The smallest absolute Gasteiger partial charge is 0.235 e. The van der Waals surface area contributed by atoms with Crippen LogP contribution in [0.5, 0.6) is 0 Å². The molecule has 0 saturated carbocycles. The number of ketones is 1. The van der Waals surface area contributed by atoms with Crippen LogP contribution in [0.25, 0.3) is 10.1 Å². The first-order valence-electron chi connectivity index (χ1n) is 11.8. The van der Waals surface area contributed by atoms with Crippen molar-refractivity contribution in [2.45, 2.75) is 26.2 Å². The second-order valence-electron chi connectivity index (χ2n) is 8.54. The molecule has 3 N–H and O–H groups in total. The molecule has 0 aliphatic rings. The molecule has 5 nitrogen and oxygen atoms in total. The predicted octanol–water partition coefficient (Wildman–Crippen LogP) is 6.66. The van der Waals surface area contributed by atoms with E-state index in [0.717, 1.165) is 34.4 Å². The molecule has 0 aliphatic carbocycles. The van der Waals surface area contributed by atoms with Crippen molar-refractivity contribution in [1.82, 2.24) is 5.32 Å². The van der Waals surface area contributed by atoms with Gasteiger partial charge in [0, 0.05) is 16.1 Å². The Balaban J connectivity index is 0.000000233. The van der Waals surface area contributed by atoms with Crippen LogP contribution in [0.3, 0.4) is 0 Å². The largest absolute Gasteiger partial charge is 0.332 e. The summed E-state index contributed by atoms with van der Waals surface area (Å²) in [5.74, 6) is 0.0942. The molecular weight excluding hydrogens is 486 g/mol. The summed E-state index contributed by atoms with van der Waals surface area (Å²) in [6, 6.07) is 26.2. The predicted molar refractivity (Wildman–Crippen MR) is 157 cm³/mol. The number of thiophene rings is 1. The fraction of sp³-hybridized carbons (Fsp3) is 0.207. The summed E-state index contributed by atoms with van der Waals surface area (Å²) in [5.41, 5.74) is 4.63. The Kier molecular flexibility index (Phi) is 10.3. The minimum absolute atomic E-state index is 0.352. The zero-order valence-corrected chi connectivity index (χ0v) is 22.3. The molecule has 0 spiro atoms. The number of hydrogen-bond donors (Lipinski definition) is 3. The third-order valence-electron chi connectivity index (χ3n) is 5.49. The van der Waals surface area contributed by atoms with E-state index in [1.807, 2.05) is 31.3 Å². The van der Waals surface area contributed by atoms with Gasteiger partial charge in [0.25, 0.3) is 0 Å². The van der Waals surface area contributed by atoms with Crippen molar-refractivity contribution in [2.75, 3.05) is 24.2 Å². The van der Waals surface area contributed by atoms with Crippen LogP contribution in [-0.2, 0) is 11.2 Å². The molecule has 0 aliphatic heterocycles. The Bertz CT molecular complexity index is 1260. The van der Waals surface area contributed by atoms with E-state index in [0.29, 0.717) is 22.2 Å². The van der Waals surface area contributed by atoms with Crippen molar-refractivity contribution in [3.63, 3.8) is 0 Å². The Morgan fingerprint density at radius 2 is 1.56 bits per heavy atom. The minimum Gasteiger partial charge on any atom is -0.332 e. The van der Waals surface area contributed by atoms with Gasteiger partial charge in [-0.1, -0.05) is 56.3 Å². The van der Waals surface area contributed by atoms with Gasteiger partial charge in [0.05, 0.1) is 4.88 Å². The van der Waals surface area contributed by atoms with Crippen molar-refractivity contribution in [3.8, 4) is 0 Å². The van der Waals surface area contributed by atoms with Crippen LogP contribution in [-0.4, -0.2) is 30.8 Å². The summed E-state index contributed by atoms with van der Waals surface area (Å²) in [6.45, 7) is 5.36. The number of Topliss-reactive ketones (excluding diaryl/α,β-unsaturated/α-hetero) is 1. The summed E-state index contributed by atoms with van der Waals surface area (Å²) in [4.78, 5) is 21.8. The van der Waals surface area contributed by atoms with E-state index in [1.54, 1.807) is 6.07 Å². The Labute approximate surface area is 221 Å². The highest BCUT2D eigenvalue weighted by Crippen LogP contribution is 2.25. The average molecular weight is 518 g/mol. The fourth-order valence-electron chi connectivity index (χ4n) is 3.43. The number of fused-ring (bicyclic) bond motifs is 1. The summed E-state index contributed by atoms with van der Waals surface area (Å²) in [5, 5.41) is 11.2. The standard InChI is InChI=1S/C19H25N3S.C10H6O2S/c1-14(2)16-6-10-18(11-7-16)22-19(23)21-17-8-4-15(5-9-17)12-13-20-3;11-6-8(12)10-5-7-3-1-2-4-9(7)13-10/h4-11,14,20H,12-13H2,1-3H3,(H2,21,22,23);1-6H. The van der Waals surface area contributed by atoms with Gasteiger partial charge in [-0.05, 0) is 91.1 Å². The number of likely N-dealkylation sites (N-methyl/N-ethyl adjacent to an activating group) is 1. The SMILES string of the molecule is CNCCc1ccc(NC(=S)Nc2ccc(C(C)C)cc2)cc1.O=CC(=O)c1cc2ccccc2s1. The lowest BCUT2D eigenvalue weighted by Gasteiger charge is -2.12. The Hall–Kier alpha value is -3.39. The van der Waals surface area contributed by atoms with Gasteiger partial charge in [0.1, 0.15) is 0 Å². The zero-order chi connectivity index (χ0) is 25.9. The summed E-state index contributed by atoms with van der Waals surface area (Å²) in [6.07, 6.45) is 1.38. The molecule has 1 heterocycles. The molecule has 0 saturated heterocycles. The second-order valence-corrected chi connectivity index (χ2v) is 10.0. The molecule has 186 valence electrons. The lowest BCUT2D eigenvalue weighted by atomic mass is 10.0. The van der Waals surface area contributed by atoms with Crippen molar-refractivity contribution in [1.29, 1.82) is 0 Å². The quantitative estimate of drug-likeness (QED) is 0.105. The van der Waals surface area contributed by atoms with Crippen LogP contribution in [0.2, 0.25) is 0 Å². The summed E-state index contributed by atoms with van der Waals surface area (Å²) >= 11 is 6.72. The number of anilines is 2. The van der Waals surface area contributed by atoms with Crippen molar-refractivity contribution in [2.24, 2.45) is 0 Å². The number of rotatable bonds is 8. The average Bonchev–Trinajstić information content (AvgIpc) is 3.33. The van der Waals surface area contributed by atoms with Gasteiger partial charge in [-0.3, -0.25) is 9.59 Å². The molecule has 0 atom stereocenters. The number of carbonyl (C=O) groups excluding carboxylic acids is 2. The lowest BCUT2D eigenvalue weighted by molar-refractivity contribution is -0.104. The zero-order valence-electron chi connectivity index (χ0n) is 20.7. The number of hydrogen-bond acceptors (Lipinski definition) is 5. The topological polar surface area (TPSA) is 70.2 Å². The van der Waals surface area contributed by atoms with E-state index in [1.165, 1.54) is 22.5 Å². The third-order valence-corrected chi connectivity index (χ3v) is 6.82. The molecule has 0 radical (unpaired) electrons. The van der Waals surface area contributed by atoms with E-state index in [9.17, 15) is 9.59 Å². The van der Waals surface area contributed by atoms with Gasteiger partial charge in [-0.25, -0.2) is 0 Å². The van der Waals surface area contributed by atoms with Gasteiger partial charge in [0.15, 0.2) is 11.4 Å². The van der Waals surface area contributed by atoms with Gasteiger partial charge >= 0.3 is 0 Å². The van der Waals surface area contributed by atoms with Crippen LogP contribution in [0.15, 0.2) is 78.9 Å². The highest BCUT2D eigenvalue weighted by molar-refractivity contribution is 7.80. The highest BCUT2D eigenvalue weighted by Gasteiger charge is 2.08. The molecule has 0 amide bonds. The molecule has 0 bridgehead atoms. The molecule has 36 heavy (non-hydrogen) atoms. The molecule has 7 heteroatoms. The Morgan fingerprint density at radius 1 is 0.944 bits per heavy atom. The van der Waals surface area contributed by atoms with Crippen LogP contribution in [0, 0.1) is 0 Å².